The van der Waals surface area contributed by atoms with Crippen LogP contribution in [0.1, 0.15) is 37.6 Å². The molecule has 1 fully saturated rings. The monoisotopic (exact) mass is 375 g/mol. The normalized spacial score (nSPS) is 16.3. The van der Waals surface area contributed by atoms with Crippen molar-refractivity contribution in [2.24, 2.45) is 0 Å². The van der Waals surface area contributed by atoms with Crippen LogP contribution in [-0.4, -0.2) is 58.5 Å². The van der Waals surface area contributed by atoms with Gasteiger partial charge in [-0.2, -0.15) is 5.26 Å². The van der Waals surface area contributed by atoms with Crippen molar-refractivity contribution in [3.05, 3.63) is 27.5 Å². The molecule has 1 N–H and O–H groups in total. The van der Waals surface area contributed by atoms with E-state index in [0.717, 1.165) is 37.4 Å². The highest BCUT2D eigenvalue weighted by atomic mass is 32.1. The minimum Gasteiger partial charge on any atom is -0.350 e. The molecule has 0 aliphatic carbocycles. The number of aromatic nitrogens is 1. The molecule has 0 saturated carbocycles. The molecular weight excluding hydrogens is 346 g/mol. The first-order valence-electron chi connectivity index (χ1n) is 8.97. The molecular formula is C19H29N5OS. The zero-order chi connectivity index (χ0) is 19.5. The summed E-state index contributed by atoms with van der Waals surface area (Å²) in [6.45, 7) is 14.5. The number of hydrogen-bond donors (Lipinski definition) is 1. The van der Waals surface area contributed by atoms with Gasteiger partial charge in [0.2, 0.25) is 5.91 Å². The van der Waals surface area contributed by atoms with Crippen LogP contribution >= 0.6 is 12.2 Å². The zero-order valence-corrected chi connectivity index (χ0v) is 17.2. The Kier molecular flexibility index (Phi) is 6.56. The van der Waals surface area contributed by atoms with Gasteiger partial charge in [-0.3, -0.25) is 14.6 Å². The van der Waals surface area contributed by atoms with Crippen molar-refractivity contribution in [2.75, 3.05) is 32.7 Å². The van der Waals surface area contributed by atoms with Gasteiger partial charge >= 0.3 is 0 Å². The molecule has 1 amide bonds. The lowest BCUT2D eigenvalue weighted by Crippen LogP contribution is -2.51. The summed E-state index contributed by atoms with van der Waals surface area (Å²) in [5.41, 5.74) is 2.39. The maximum atomic E-state index is 12.1. The van der Waals surface area contributed by atoms with Crippen LogP contribution in [0.2, 0.25) is 0 Å². The molecule has 1 saturated heterocycles. The molecule has 26 heavy (non-hydrogen) atoms. The third-order valence-electron chi connectivity index (χ3n) is 4.50. The third kappa shape index (κ3) is 5.37. The van der Waals surface area contributed by atoms with Gasteiger partial charge in [0.15, 0.2) is 0 Å². The average Bonchev–Trinajstić information content (AvgIpc) is 2.51. The summed E-state index contributed by atoms with van der Waals surface area (Å²) in [6.07, 6.45) is 0. The van der Waals surface area contributed by atoms with E-state index in [1.54, 1.807) is 0 Å². The number of carbonyl (C=O) groups excluding carboxylic acids is 1. The van der Waals surface area contributed by atoms with Crippen molar-refractivity contribution >= 4 is 18.1 Å². The largest absolute Gasteiger partial charge is 0.350 e. The van der Waals surface area contributed by atoms with Crippen LogP contribution < -0.4 is 5.32 Å². The van der Waals surface area contributed by atoms with Gasteiger partial charge in [0.05, 0.1) is 18.8 Å². The van der Waals surface area contributed by atoms with Gasteiger partial charge < -0.3 is 9.88 Å². The van der Waals surface area contributed by atoms with E-state index in [9.17, 15) is 10.1 Å². The van der Waals surface area contributed by atoms with Gasteiger partial charge in [-0.1, -0.05) is 12.2 Å². The molecule has 0 aromatic carbocycles. The minimum atomic E-state index is -0.198. The number of piperazine rings is 1. The van der Waals surface area contributed by atoms with Crippen LogP contribution in [0, 0.1) is 29.8 Å². The standard InChI is InChI=1S/C19H29N5OS/c1-14-10-15(2)24(18(26)16(14)11-20)13-23-8-6-22(7-9-23)12-17(25)21-19(3,4)5/h10H,6-9,12-13H2,1-5H3,(H,21,25). The van der Waals surface area contributed by atoms with E-state index >= 15 is 0 Å². The summed E-state index contributed by atoms with van der Waals surface area (Å²) in [5, 5.41) is 12.3. The summed E-state index contributed by atoms with van der Waals surface area (Å²) < 4.78 is 2.64. The number of nitriles is 1. The Hall–Kier alpha value is -1.75. The molecule has 1 aromatic heterocycles. The second-order valence-corrected chi connectivity index (χ2v) is 8.41. The van der Waals surface area contributed by atoms with E-state index in [0.29, 0.717) is 23.4 Å². The predicted octanol–water partition coefficient (Wildman–Crippen LogP) is 2.20. The van der Waals surface area contributed by atoms with Gasteiger partial charge in [0.1, 0.15) is 10.7 Å². The lowest BCUT2D eigenvalue weighted by Gasteiger charge is -2.35. The quantitative estimate of drug-likeness (QED) is 0.818. The first-order chi connectivity index (χ1) is 12.1. The van der Waals surface area contributed by atoms with E-state index in [4.69, 9.17) is 12.2 Å². The summed E-state index contributed by atoms with van der Waals surface area (Å²) in [4.78, 5) is 16.6. The lowest BCUT2D eigenvalue weighted by molar-refractivity contribution is -0.124. The highest BCUT2D eigenvalue weighted by Crippen LogP contribution is 2.14. The smallest absolute Gasteiger partial charge is 0.234 e. The Morgan fingerprint density at radius 3 is 2.35 bits per heavy atom. The maximum Gasteiger partial charge on any atom is 0.234 e. The fourth-order valence-corrected chi connectivity index (χ4v) is 3.60. The molecule has 0 radical (unpaired) electrons. The van der Waals surface area contributed by atoms with Crippen molar-refractivity contribution in [1.29, 1.82) is 5.26 Å². The number of amides is 1. The number of aryl methyl sites for hydroxylation is 2. The molecule has 6 nitrogen and oxygen atoms in total. The second kappa shape index (κ2) is 8.30. The van der Waals surface area contributed by atoms with Crippen molar-refractivity contribution < 1.29 is 4.79 Å². The number of pyridine rings is 1. The van der Waals surface area contributed by atoms with Crippen LogP contribution in [0.15, 0.2) is 6.07 Å². The third-order valence-corrected chi connectivity index (χ3v) is 4.93. The van der Waals surface area contributed by atoms with Gasteiger partial charge in [0, 0.05) is 37.4 Å². The predicted molar refractivity (Wildman–Crippen MR) is 105 cm³/mol. The van der Waals surface area contributed by atoms with Crippen molar-refractivity contribution in [2.45, 2.75) is 46.8 Å². The molecule has 142 valence electrons. The highest BCUT2D eigenvalue weighted by molar-refractivity contribution is 7.71. The van der Waals surface area contributed by atoms with Crippen molar-refractivity contribution in [3.8, 4) is 6.07 Å². The average molecular weight is 376 g/mol. The summed E-state index contributed by atoms with van der Waals surface area (Å²) in [7, 11) is 0. The molecule has 0 bridgehead atoms. The Morgan fingerprint density at radius 2 is 1.81 bits per heavy atom. The summed E-state index contributed by atoms with van der Waals surface area (Å²) >= 11 is 5.52. The van der Waals surface area contributed by atoms with Crippen molar-refractivity contribution in [1.82, 2.24) is 19.7 Å². The molecule has 1 aliphatic rings. The zero-order valence-electron chi connectivity index (χ0n) is 16.4. The topological polar surface area (TPSA) is 64.3 Å². The fraction of sp³-hybridized carbons (Fsp3) is 0.632. The number of rotatable bonds is 4. The summed E-state index contributed by atoms with van der Waals surface area (Å²) in [6, 6.07) is 4.23. The Bertz CT molecular complexity index is 764. The molecule has 7 heteroatoms. The van der Waals surface area contributed by atoms with Gasteiger partial charge in [-0.25, -0.2) is 0 Å². The van der Waals surface area contributed by atoms with E-state index in [2.05, 4.69) is 21.2 Å². The minimum absolute atomic E-state index is 0.0706. The molecule has 1 aliphatic heterocycles. The number of nitrogens with one attached hydrogen (secondary N) is 1. The number of carbonyl (C=O) groups is 1. The van der Waals surface area contributed by atoms with Crippen LogP contribution in [-0.2, 0) is 11.5 Å². The molecule has 2 heterocycles. The van der Waals surface area contributed by atoms with E-state index in [-0.39, 0.29) is 11.4 Å². The first-order valence-corrected chi connectivity index (χ1v) is 9.38. The van der Waals surface area contributed by atoms with Crippen LogP contribution in [0.5, 0.6) is 0 Å². The lowest BCUT2D eigenvalue weighted by atomic mass is 10.1. The number of nitrogens with zero attached hydrogens (tertiary/aromatic N) is 4. The molecule has 0 atom stereocenters. The first kappa shape index (κ1) is 20.6. The van der Waals surface area contributed by atoms with Crippen molar-refractivity contribution in [3.63, 3.8) is 0 Å². The van der Waals surface area contributed by atoms with E-state index in [1.807, 2.05) is 45.3 Å². The van der Waals surface area contributed by atoms with Gasteiger partial charge in [-0.15, -0.1) is 0 Å². The second-order valence-electron chi connectivity index (χ2n) is 8.02. The molecule has 0 spiro atoms. The van der Waals surface area contributed by atoms with Gasteiger partial charge in [0.25, 0.3) is 0 Å². The SMILES string of the molecule is Cc1cc(C)n(CN2CCN(CC(=O)NC(C)(C)C)CC2)c(=S)c1C#N. The van der Waals surface area contributed by atoms with Gasteiger partial charge in [-0.05, 0) is 46.2 Å². The molecule has 2 rings (SSSR count). The van der Waals surface area contributed by atoms with Crippen LogP contribution in [0.25, 0.3) is 0 Å². The highest BCUT2D eigenvalue weighted by Gasteiger charge is 2.21. The Balaban J connectivity index is 1.95. The Morgan fingerprint density at radius 1 is 1.23 bits per heavy atom. The van der Waals surface area contributed by atoms with Crippen LogP contribution in [0.3, 0.4) is 0 Å². The number of hydrogen-bond acceptors (Lipinski definition) is 5. The van der Waals surface area contributed by atoms with E-state index < -0.39 is 0 Å². The Labute approximate surface area is 161 Å². The van der Waals surface area contributed by atoms with Crippen LogP contribution in [0.4, 0.5) is 0 Å². The fourth-order valence-electron chi connectivity index (χ4n) is 3.19. The summed E-state index contributed by atoms with van der Waals surface area (Å²) in [5.74, 6) is 0.0706. The molecule has 1 aromatic rings. The molecule has 0 unspecified atom stereocenters. The maximum absolute atomic E-state index is 12.1. The van der Waals surface area contributed by atoms with E-state index in [1.165, 1.54) is 0 Å².